The molecule has 114 valence electrons. The fourth-order valence-electron chi connectivity index (χ4n) is 1.48. The third kappa shape index (κ3) is 6.85. The second-order valence-electron chi connectivity index (χ2n) is 4.86. The zero-order chi connectivity index (χ0) is 14.8. The van der Waals surface area contributed by atoms with Crippen LogP contribution in [0.3, 0.4) is 0 Å². The minimum atomic E-state index is 0.0249. The molecule has 0 aliphatic carbocycles. The molecule has 2 N–H and O–H groups in total. The number of nitrogens with zero attached hydrogens (tertiary/aromatic N) is 4. The van der Waals surface area contributed by atoms with Crippen LogP contribution in [0.25, 0.3) is 0 Å². The Morgan fingerprint density at radius 3 is 2.90 bits per heavy atom. The van der Waals surface area contributed by atoms with Gasteiger partial charge in [0.1, 0.15) is 0 Å². The van der Waals surface area contributed by atoms with Crippen molar-refractivity contribution in [3.05, 3.63) is 0 Å². The third-order valence-electron chi connectivity index (χ3n) is 2.63. The molecule has 0 bridgehead atoms. The number of carbonyl (C=O) groups is 1. The van der Waals surface area contributed by atoms with E-state index in [-0.39, 0.29) is 5.91 Å². The van der Waals surface area contributed by atoms with Gasteiger partial charge in [-0.25, -0.2) is 4.68 Å². The van der Waals surface area contributed by atoms with E-state index < -0.39 is 0 Å². The monoisotopic (exact) mass is 300 g/mol. The van der Waals surface area contributed by atoms with Crippen LogP contribution in [0.15, 0.2) is 5.16 Å². The Hall–Kier alpha value is -1.15. The van der Waals surface area contributed by atoms with Crippen LogP contribution in [0, 0.1) is 5.92 Å². The van der Waals surface area contributed by atoms with E-state index in [1.165, 1.54) is 11.8 Å². The molecular weight excluding hydrogens is 276 g/mol. The van der Waals surface area contributed by atoms with E-state index in [1.807, 2.05) is 0 Å². The van der Waals surface area contributed by atoms with Crippen LogP contribution in [-0.2, 0) is 11.3 Å². The molecule has 0 aliphatic heterocycles. The summed E-state index contributed by atoms with van der Waals surface area (Å²) in [7, 11) is 0. The molecule has 0 saturated carbocycles. The molecule has 8 heteroatoms. The maximum absolute atomic E-state index is 11.7. The van der Waals surface area contributed by atoms with E-state index in [1.54, 1.807) is 4.68 Å². The molecule has 1 aromatic heterocycles. The second kappa shape index (κ2) is 9.71. The molecule has 1 rings (SSSR count). The lowest BCUT2D eigenvalue weighted by Gasteiger charge is -2.07. The van der Waals surface area contributed by atoms with Gasteiger partial charge in [-0.05, 0) is 29.3 Å². The SMILES string of the molecule is CCNCCn1nnnc1SCC(=O)NCCC(C)C. The first-order chi connectivity index (χ1) is 9.63. The molecule has 1 aromatic rings. The summed E-state index contributed by atoms with van der Waals surface area (Å²) in [5.41, 5.74) is 0. The molecule has 0 atom stereocenters. The quantitative estimate of drug-likeness (QED) is 0.484. The highest BCUT2D eigenvalue weighted by molar-refractivity contribution is 7.99. The summed E-state index contributed by atoms with van der Waals surface area (Å²) < 4.78 is 1.72. The zero-order valence-corrected chi connectivity index (χ0v) is 13.2. The number of nitrogens with one attached hydrogen (secondary N) is 2. The highest BCUT2D eigenvalue weighted by Gasteiger charge is 2.09. The minimum absolute atomic E-state index is 0.0249. The molecule has 0 unspecified atom stereocenters. The average molecular weight is 300 g/mol. The molecule has 0 aromatic carbocycles. The highest BCUT2D eigenvalue weighted by atomic mass is 32.2. The number of rotatable bonds is 10. The molecule has 0 spiro atoms. The lowest BCUT2D eigenvalue weighted by atomic mass is 10.1. The van der Waals surface area contributed by atoms with Crippen LogP contribution < -0.4 is 10.6 Å². The largest absolute Gasteiger partial charge is 0.355 e. The fraction of sp³-hybridized carbons (Fsp3) is 0.833. The maximum Gasteiger partial charge on any atom is 0.230 e. The first-order valence-corrected chi connectivity index (χ1v) is 7.98. The van der Waals surface area contributed by atoms with E-state index >= 15 is 0 Å². The predicted octanol–water partition coefficient (Wildman–Crippen LogP) is 0.537. The standard InChI is InChI=1S/C12H24N6OS/c1-4-13-7-8-18-12(15-16-17-18)20-9-11(19)14-6-5-10(2)3/h10,13H,4-9H2,1-3H3,(H,14,19). The fourth-order valence-corrected chi connectivity index (χ4v) is 2.22. The molecule has 0 aliphatic rings. The number of amides is 1. The zero-order valence-electron chi connectivity index (χ0n) is 12.4. The van der Waals surface area contributed by atoms with E-state index in [0.717, 1.165) is 26.1 Å². The Labute approximate surface area is 124 Å². The number of tetrazole rings is 1. The number of carbonyl (C=O) groups excluding carboxylic acids is 1. The minimum Gasteiger partial charge on any atom is -0.355 e. The number of likely N-dealkylation sites (N-methyl/N-ethyl adjacent to an activating group) is 1. The Balaban J connectivity index is 2.27. The van der Waals surface area contributed by atoms with E-state index in [9.17, 15) is 4.79 Å². The van der Waals surface area contributed by atoms with E-state index in [2.05, 4.69) is 46.9 Å². The maximum atomic E-state index is 11.7. The van der Waals surface area contributed by atoms with Gasteiger partial charge in [0.25, 0.3) is 0 Å². The normalized spacial score (nSPS) is 11.0. The Kier molecular flexibility index (Phi) is 8.20. The number of hydrogen-bond acceptors (Lipinski definition) is 6. The van der Waals surface area contributed by atoms with Crippen molar-refractivity contribution in [3.8, 4) is 0 Å². The molecule has 0 fully saturated rings. The summed E-state index contributed by atoms with van der Waals surface area (Å²) in [5.74, 6) is 0.970. The Morgan fingerprint density at radius 1 is 1.40 bits per heavy atom. The van der Waals surface area contributed by atoms with Gasteiger partial charge in [-0.3, -0.25) is 4.79 Å². The van der Waals surface area contributed by atoms with Crippen molar-refractivity contribution in [2.24, 2.45) is 5.92 Å². The molecule has 0 radical (unpaired) electrons. The molecule has 1 heterocycles. The van der Waals surface area contributed by atoms with Crippen LogP contribution in [-0.4, -0.2) is 51.5 Å². The summed E-state index contributed by atoms with van der Waals surface area (Å²) in [6.07, 6.45) is 0.997. The molecule has 1 amide bonds. The predicted molar refractivity (Wildman–Crippen MR) is 79.5 cm³/mol. The van der Waals surface area contributed by atoms with Gasteiger partial charge < -0.3 is 10.6 Å². The van der Waals surface area contributed by atoms with Crippen molar-refractivity contribution < 1.29 is 4.79 Å². The topological polar surface area (TPSA) is 84.7 Å². The van der Waals surface area contributed by atoms with Crippen LogP contribution in [0.1, 0.15) is 27.2 Å². The van der Waals surface area contributed by atoms with Crippen LogP contribution in [0.5, 0.6) is 0 Å². The number of aromatic nitrogens is 4. The average Bonchev–Trinajstić information content (AvgIpc) is 2.84. The van der Waals surface area contributed by atoms with Crippen molar-refractivity contribution in [2.45, 2.75) is 38.9 Å². The first kappa shape index (κ1) is 16.9. The van der Waals surface area contributed by atoms with Gasteiger partial charge in [-0.15, -0.1) is 5.10 Å². The summed E-state index contributed by atoms with van der Waals surface area (Å²) >= 11 is 1.37. The third-order valence-corrected chi connectivity index (χ3v) is 3.58. The van der Waals surface area contributed by atoms with Crippen molar-refractivity contribution >= 4 is 17.7 Å². The van der Waals surface area contributed by atoms with Gasteiger partial charge >= 0.3 is 0 Å². The van der Waals surface area contributed by atoms with Crippen LogP contribution >= 0.6 is 11.8 Å². The molecule has 7 nitrogen and oxygen atoms in total. The van der Waals surface area contributed by atoms with Crippen LogP contribution in [0.4, 0.5) is 0 Å². The van der Waals surface area contributed by atoms with Crippen molar-refractivity contribution in [3.63, 3.8) is 0 Å². The number of thioether (sulfide) groups is 1. The van der Waals surface area contributed by atoms with Gasteiger partial charge in [0.05, 0.1) is 12.3 Å². The van der Waals surface area contributed by atoms with Crippen LogP contribution in [0.2, 0.25) is 0 Å². The van der Waals surface area contributed by atoms with Gasteiger partial charge in [-0.1, -0.05) is 32.5 Å². The summed E-state index contributed by atoms with van der Waals surface area (Å²) in [5, 5.41) is 18.3. The van der Waals surface area contributed by atoms with Gasteiger partial charge in [0.2, 0.25) is 11.1 Å². The lowest BCUT2D eigenvalue weighted by Crippen LogP contribution is -2.27. The first-order valence-electron chi connectivity index (χ1n) is 6.99. The van der Waals surface area contributed by atoms with Gasteiger partial charge in [0.15, 0.2) is 0 Å². The molecular formula is C12H24N6OS. The molecule has 20 heavy (non-hydrogen) atoms. The van der Waals surface area contributed by atoms with Crippen molar-refractivity contribution in [1.82, 2.24) is 30.8 Å². The second-order valence-corrected chi connectivity index (χ2v) is 5.80. The summed E-state index contributed by atoms with van der Waals surface area (Å²) in [6, 6.07) is 0. The smallest absolute Gasteiger partial charge is 0.230 e. The van der Waals surface area contributed by atoms with E-state index in [4.69, 9.17) is 0 Å². The Bertz CT molecular complexity index is 395. The van der Waals surface area contributed by atoms with Crippen molar-refractivity contribution in [2.75, 3.05) is 25.4 Å². The van der Waals surface area contributed by atoms with E-state index in [0.29, 0.717) is 23.4 Å². The van der Waals surface area contributed by atoms with Gasteiger partial charge in [0, 0.05) is 13.1 Å². The summed E-state index contributed by atoms with van der Waals surface area (Å²) in [4.78, 5) is 11.7. The Morgan fingerprint density at radius 2 is 2.20 bits per heavy atom. The highest BCUT2D eigenvalue weighted by Crippen LogP contribution is 2.12. The summed E-state index contributed by atoms with van der Waals surface area (Å²) in [6.45, 7) is 9.49. The lowest BCUT2D eigenvalue weighted by molar-refractivity contribution is -0.118. The van der Waals surface area contributed by atoms with Crippen molar-refractivity contribution in [1.29, 1.82) is 0 Å². The van der Waals surface area contributed by atoms with Gasteiger partial charge in [-0.2, -0.15) is 0 Å². The number of hydrogen-bond donors (Lipinski definition) is 2. The molecule has 0 saturated heterocycles.